The molecule has 0 aromatic carbocycles. The maximum absolute atomic E-state index is 12.2. The lowest BCUT2D eigenvalue weighted by Gasteiger charge is -2.36. The number of rotatable bonds is 7. The first-order chi connectivity index (χ1) is 12.9. The number of hydrogen-bond donors (Lipinski definition) is 0. The lowest BCUT2D eigenvalue weighted by Crippen LogP contribution is -2.31. The molecule has 2 rings (SSSR count). The van der Waals surface area contributed by atoms with Crippen molar-refractivity contribution in [2.75, 3.05) is 20.3 Å². The number of carbonyl (C=O) groups is 3. The van der Waals surface area contributed by atoms with E-state index < -0.39 is 5.97 Å². The molecule has 2 fully saturated rings. The molecule has 0 aliphatic heterocycles. The molecule has 0 radical (unpaired) electrons. The van der Waals surface area contributed by atoms with Gasteiger partial charge in [-0.3, -0.25) is 9.59 Å². The van der Waals surface area contributed by atoms with E-state index in [1.54, 1.807) is 6.92 Å². The summed E-state index contributed by atoms with van der Waals surface area (Å²) >= 11 is 0. The van der Waals surface area contributed by atoms with Gasteiger partial charge in [0.2, 0.25) is 0 Å². The molecule has 0 saturated heterocycles. The molecule has 0 N–H and O–H groups in total. The van der Waals surface area contributed by atoms with Gasteiger partial charge in [0.05, 0.1) is 18.9 Å². The van der Waals surface area contributed by atoms with Gasteiger partial charge in [0.1, 0.15) is 13.2 Å². The average Bonchev–Trinajstić information content (AvgIpc) is 2.70. The molecule has 0 aromatic rings. The summed E-state index contributed by atoms with van der Waals surface area (Å²) in [4.78, 5) is 35.1. The summed E-state index contributed by atoms with van der Waals surface area (Å²) in [7, 11) is 1.46. The zero-order valence-electron chi connectivity index (χ0n) is 16.5. The third-order valence-corrected chi connectivity index (χ3v) is 5.99. The first-order valence-electron chi connectivity index (χ1n) is 9.99. The van der Waals surface area contributed by atoms with Gasteiger partial charge >= 0.3 is 17.9 Å². The minimum absolute atomic E-state index is 0.0514. The van der Waals surface area contributed by atoms with E-state index in [0.717, 1.165) is 51.4 Å². The molecule has 2 aliphatic carbocycles. The largest absolute Gasteiger partial charge is 0.469 e. The van der Waals surface area contributed by atoms with Gasteiger partial charge in [-0.2, -0.15) is 0 Å². The van der Waals surface area contributed by atoms with Gasteiger partial charge in [0.15, 0.2) is 0 Å². The smallest absolute Gasteiger partial charge is 0.333 e. The Kier molecular flexibility index (Phi) is 8.32. The molecular formula is C21H32O6. The van der Waals surface area contributed by atoms with Crippen molar-refractivity contribution in [3.63, 3.8) is 0 Å². The van der Waals surface area contributed by atoms with Crippen molar-refractivity contribution in [1.82, 2.24) is 0 Å². The third-order valence-electron chi connectivity index (χ3n) is 5.99. The number of ether oxygens (including phenoxy) is 3. The highest BCUT2D eigenvalue weighted by atomic mass is 16.6. The zero-order valence-corrected chi connectivity index (χ0v) is 16.5. The van der Waals surface area contributed by atoms with E-state index in [0.29, 0.717) is 17.4 Å². The van der Waals surface area contributed by atoms with Gasteiger partial charge in [0, 0.05) is 5.57 Å². The minimum atomic E-state index is -0.464. The molecular weight excluding hydrogens is 348 g/mol. The summed E-state index contributed by atoms with van der Waals surface area (Å²) in [6.07, 6.45) is 7.78. The van der Waals surface area contributed by atoms with Crippen LogP contribution in [0.1, 0.15) is 58.3 Å². The fraction of sp³-hybridized carbons (Fsp3) is 0.762. The van der Waals surface area contributed by atoms with Gasteiger partial charge in [-0.15, -0.1) is 0 Å². The Bertz CT molecular complexity index is 539. The molecule has 152 valence electrons. The number of carbonyl (C=O) groups excluding carboxylic acids is 3. The van der Waals surface area contributed by atoms with Crippen LogP contribution in [0.4, 0.5) is 0 Å². The van der Waals surface area contributed by atoms with Crippen LogP contribution in [-0.4, -0.2) is 38.2 Å². The van der Waals surface area contributed by atoms with E-state index in [-0.39, 0.29) is 37.0 Å². The molecule has 0 amide bonds. The normalized spacial score (nSPS) is 28.1. The number of methoxy groups -OCH3 is 1. The Morgan fingerprint density at radius 2 is 1.22 bits per heavy atom. The highest BCUT2D eigenvalue weighted by Crippen LogP contribution is 2.41. The van der Waals surface area contributed by atoms with Gasteiger partial charge in [-0.05, 0) is 70.1 Å². The molecule has 0 heterocycles. The summed E-state index contributed by atoms with van der Waals surface area (Å²) in [6, 6.07) is 0. The predicted octanol–water partition coefficient (Wildman–Crippen LogP) is 3.43. The van der Waals surface area contributed by atoms with Crippen molar-refractivity contribution in [2.24, 2.45) is 23.7 Å². The Morgan fingerprint density at radius 3 is 1.67 bits per heavy atom. The van der Waals surface area contributed by atoms with Crippen molar-refractivity contribution in [2.45, 2.75) is 58.3 Å². The van der Waals surface area contributed by atoms with E-state index in [2.05, 4.69) is 6.58 Å². The maximum atomic E-state index is 12.2. The lowest BCUT2D eigenvalue weighted by molar-refractivity contribution is -0.155. The SMILES string of the molecule is C=C(C)C(=O)OCCOC(=O)C1CCC(C2CCC(C(=O)OC)CC2)CC1. The maximum Gasteiger partial charge on any atom is 0.333 e. The van der Waals surface area contributed by atoms with E-state index in [9.17, 15) is 14.4 Å². The van der Waals surface area contributed by atoms with Crippen LogP contribution in [0.25, 0.3) is 0 Å². The fourth-order valence-corrected chi connectivity index (χ4v) is 4.34. The molecule has 2 aliphatic rings. The first-order valence-corrected chi connectivity index (χ1v) is 9.99. The zero-order chi connectivity index (χ0) is 19.8. The monoisotopic (exact) mass is 380 g/mol. The van der Waals surface area contributed by atoms with Gasteiger partial charge in [0.25, 0.3) is 0 Å². The molecule has 6 nitrogen and oxygen atoms in total. The average molecular weight is 380 g/mol. The van der Waals surface area contributed by atoms with Gasteiger partial charge in [-0.1, -0.05) is 6.58 Å². The second kappa shape index (κ2) is 10.5. The molecule has 0 aromatic heterocycles. The van der Waals surface area contributed by atoms with Crippen molar-refractivity contribution in [3.8, 4) is 0 Å². The van der Waals surface area contributed by atoms with Crippen LogP contribution < -0.4 is 0 Å². The van der Waals surface area contributed by atoms with E-state index in [1.165, 1.54) is 7.11 Å². The number of hydrogen-bond acceptors (Lipinski definition) is 6. The predicted molar refractivity (Wildman–Crippen MR) is 99.6 cm³/mol. The topological polar surface area (TPSA) is 78.9 Å². The van der Waals surface area contributed by atoms with Crippen LogP contribution in [0.3, 0.4) is 0 Å². The molecule has 0 bridgehead atoms. The summed E-state index contributed by atoms with van der Waals surface area (Å²) in [5.74, 6) is 0.589. The molecule has 27 heavy (non-hydrogen) atoms. The molecule has 6 heteroatoms. The quantitative estimate of drug-likeness (QED) is 0.291. The Labute approximate surface area is 161 Å². The van der Waals surface area contributed by atoms with Crippen LogP contribution in [0, 0.1) is 23.7 Å². The molecule has 0 unspecified atom stereocenters. The molecule has 2 saturated carbocycles. The number of esters is 3. The minimum Gasteiger partial charge on any atom is -0.469 e. The second-order valence-corrected chi connectivity index (χ2v) is 7.83. The van der Waals surface area contributed by atoms with Crippen LogP contribution >= 0.6 is 0 Å². The fourth-order valence-electron chi connectivity index (χ4n) is 4.34. The Morgan fingerprint density at radius 1 is 0.778 bits per heavy atom. The molecule has 0 spiro atoms. The van der Waals surface area contributed by atoms with Crippen LogP contribution in [0.5, 0.6) is 0 Å². The van der Waals surface area contributed by atoms with Gasteiger partial charge < -0.3 is 14.2 Å². The van der Waals surface area contributed by atoms with E-state index in [4.69, 9.17) is 14.2 Å². The second-order valence-electron chi connectivity index (χ2n) is 7.83. The van der Waals surface area contributed by atoms with Gasteiger partial charge in [-0.25, -0.2) is 4.79 Å². The summed E-state index contributed by atoms with van der Waals surface area (Å²) < 4.78 is 15.0. The van der Waals surface area contributed by atoms with Crippen molar-refractivity contribution < 1.29 is 28.6 Å². The first kappa shape index (κ1) is 21.5. The van der Waals surface area contributed by atoms with E-state index in [1.807, 2.05) is 0 Å². The highest BCUT2D eigenvalue weighted by Gasteiger charge is 2.35. The summed E-state index contributed by atoms with van der Waals surface area (Å²) in [6.45, 7) is 5.24. The Hall–Kier alpha value is -1.85. The molecule has 0 atom stereocenters. The van der Waals surface area contributed by atoms with Crippen LogP contribution in [0.15, 0.2) is 12.2 Å². The Balaban J connectivity index is 1.63. The lowest BCUT2D eigenvalue weighted by atomic mass is 9.69. The third kappa shape index (κ3) is 6.36. The van der Waals surface area contributed by atoms with Crippen LogP contribution in [-0.2, 0) is 28.6 Å². The van der Waals surface area contributed by atoms with Crippen molar-refractivity contribution >= 4 is 17.9 Å². The van der Waals surface area contributed by atoms with Crippen molar-refractivity contribution in [1.29, 1.82) is 0 Å². The standard InChI is InChI=1S/C21H32O6/c1-14(2)19(22)26-12-13-27-21(24)18-10-6-16(7-11-18)15-4-8-17(9-5-15)20(23)25-3/h15-18H,1,4-13H2,2-3H3. The van der Waals surface area contributed by atoms with Crippen LogP contribution in [0.2, 0.25) is 0 Å². The summed E-state index contributed by atoms with van der Waals surface area (Å²) in [5, 5.41) is 0. The van der Waals surface area contributed by atoms with E-state index >= 15 is 0 Å². The van der Waals surface area contributed by atoms with Crippen molar-refractivity contribution in [3.05, 3.63) is 12.2 Å². The summed E-state index contributed by atoms with van der Waals surface area (Å²) in [5.41, 5.74) is 0.334. The highest BCUT2D eigenvalue weighted by molar-refractivity contribution is 5.86.